The van der Waals surface area contributed by atoms with Crippen molar-refractivity contribution in [2.75, 3.05) is 6.54 Å². The van der Waals surface area contributed by atoms with Gasteiger partial charge in [-0.2, -0.15) is 0 Å². The van der Waals surface area contributed by atoms with E-state index in [0.29, 0.717) is 6.54 Å². The van der Waals surface area contributed by atoms with Crippen molar-refractivity contribution in [2.24, 2.45) is 0 Å². The van der Waals surface area contributed by atoms with Gasteiger partial charge in [-0.15, -0.1) is 0 Å². The number of benzene rings is 1. The molecule has 2 rings (SSSR count). The van der Waals surface area contributed by atoms with E-state index in [9.17, 15) is 17.6 Å². The third kappa shape index (κ3) is 2.92. The molecule has 1 aromatic carbocycles. The third-order valence-electron chi connectivity index (χ3n) is 3.33. The van der Waals surface area contributed by atoms with Crippen LogP contribution in [0.1, 0.15) is 30.1 Å². The van der Waals surface area contributed by atoms with Crippen LogP contribution in [0, 0.1) is 5.82 Å². The number of halogens is 3. The molecule has 0 aliphatic carbocycles. The second kappa shape index (κ2) is 5.50. The first-order valence-electron chi connectivity index (χ1n) is 5.96. The molecule has 0 radical (unpaired) electrons. The molecular formula is C12H12Cl2FNO3S. The Hall–Kier alpha value is -0.850. The number of nitrogens with zero attached hydrogens (tertiary/aromatic N) is 1. The van der Waals surface area contributed by atoms with Crippen molar-refractivity contribution in [3.8, 4) is 0 Å². The van der Waals surface area contributed by atoms with Crippen molar-refractivity contribution in [3.63, 3.8) is 0 Å². The first-order valence-corrected chi connectivity index (χ1v) is 8.65. The Labute approximate surface area is 125 Å². The molecule has 1 unspecified atom stereocenters. The monoisotopic (exact) mass is 339 g/mol. The van der Waals surface area contributed by atoms with Gasteiger partial charge < -0.3 is 4.90 Å². The zero-order chi connectivity index (χ0) is 15.1. The first-order chi connectivity index (χ1) is 9.21. The SMILES string of the molecule is CC1CCCN1C(=O)c1cc(S(=O)(=O)Cl)c(Cl)cc1F. The van der Waals surface area contributed by atoms with Gasteiger partial charge in [0.1, 0.15) is 10.7 Å². The van der Waals surface area contributed by atoms with Crippen LogP contribution >= 0.6 is 22.3 Å². The van der Waals surface area contributed by atoms with Gasteiger partial charge in [-0.3, -0.25) is 4.79 Å². The molecule has 0 aromatic heterocycles. The predicted molar refractivity (Wildman–Crippen MR) is 74.2 cm³/mol. The molecule has 1 fully saturated rings. The normalized spacial score (nSPS) is 19.4. The molecule has 0 spiro atoms. The van der Waals surface area contributed by atoms with Crippen molar-refractivity contribution in [1.29, 1.82) is 0 Å². The molecule has 1 amide bonds. The van der Waals surface area contributed by atoms with Crippen LogP contribution in [-0.4, -0.2) is 31.8 Å². The lowest BCUT2D eigenvalue weighted by Gasteiger charge is -2.22. The lowest BCUT2D eigenvalue weighted by Crippen LogP contribution is -2.34. The van der Waals surface area contributed by atoms with Gasteiger partial charge >= 0.3 is 0 Å². The molecule has 1 aliphatic heterocycles. The van der Waals surface area contributed by atoms with E-state index in [4.69, 9.17) is 22.3 Å². The molecule has 110 valence electrons. The summed E-state index contributed by atoms with van der Waals surface area (Å²) in [6, 6.07) is 1.69. The van der Waals surface area contributed by atoms with Crippen LogP contribution in [0.5, 0.6) is 0 Å². The first kappa shape index (κ1) is 15.5. The highest BCUT2D eigenvalue weighted by Gasteiger charge is 2.29. The van der Waals surface area contributed by atoms with Crippen LogP contribution in [0.2, 0.25) is 5.02 Å². The maximum absolute atomic E-state index is 13.9. The lowest BCUT2D eigenvalue weighted by molar-refractivity contribution is 0.0742. The van der Waals surface area contributed by atoms with Crippen molar-refractivity contribution in [2.45, 2.75) is 30.7 Å². The molecule has 1 atom stereocenters. The Morgan fingerprint density at radius 1 is 1.45 bits per heavy atom. The zero-order valence-electron chi connectivity index (χ0n) is 10.6. The Morgan fingerprint density at radius 3 is 2.60 bits per heavy atom. The summed E-state index contributed by atoms with van der Waals surface area (Å²) in [6.45, 7) is 2.38. The Balaban J connectivity index is 2.49. The largest absolute Gasteiger partial charge is 0.336 e. The minimum atomic E-state index is -4.14. The lowest BCUT2D eigenvalue weighted by atomic mass is 10.1. The van der Waals surface area contributed by atoms with E-state index in [-0.39, 0.29) is 16.6 Å². The van der Waals surface area contributed by atoms with Crippen molar-refractivity contribution in [1.82, 2.24) is 4.90 Å². The highest BCUT2D eigenvalue weighted by atomic mass is 35.7. The predicted octanol–water partition coefficient (Wildman–Crippen LogP) is 3.03. The number of rotatable bonds is 2. The summed E-state index contributed by atoms with van der Waals surface area (Å²) in [7, 11) is 1.08. The molecule has 1 aromatic rings. The summed E-state index contributed by atoms with van der Waals surface area (Å²) < 4.78 is 36.6. The van der Waals surface area contributed by atoms with Crippen molar-refractivity contribution >= 4 is 37.2 Å². The fraction of sp³-hybridized carbons (Fsp3) is 0.417. The van der Waals surface area contributed by atoms with Crippen LogP contribution in [0.25, 0.3) is 0 Å². The second-order valence-electron chi connectivity index (χ2n) is 4.69. The molecule has 1 heterocycles. The molecule has 8 heteroatoms. The second-order valence-corrected chi connectivity index (χ2v) is 7.63. The summed E-state index contributed by atoms with van der Waals surface area (Å²) in [5, 5.41) is -0.344. The number of carbonyl (C=O) groups excluding carboxylic acids is 1. The fourth-order valence-electron chi connectivity index (χ4n) is 2.27. The van der Waals surface area contributed by atoms with Gasteiger partial charge in [0.2, 0.25) is 0 Å². The van der Waals surface area contributed by atoms with Gasteiger partial charge in [0.25, 0.3) is 15.0 Å². The summed E-state index contributed by atoms with van der Waals surface area (Å²) in [4.78, 5) is 13.3. The smallest absolute Gasteiger partial charge is 0.262 e. The Bertz CT molecular complexity index is 663. The van der Waals surface area contributed by atoms with Crippen LogP contribution in [0.4, 0.5) is 4.39 Å². The van der Waals surface area contributed by atoms with Crippen molar-refractivity contribution in [3.05, 3.63) is 28.5 Å². The standard InChI is InChI=1S/C12H12Cl2FNO3S/c1-7-3-2-4-16(7)12(17)8-5-11(20(14,18)19)9(13)6-10(8)15/h5-7H,2-4H2,1H3. The Morgan fingerprint density at radius 2 is 2.10 bits per heavy atom. The summed E-state index contributed by atoms with van der Waals surface area (Å²) in [5.41, 5.74) is -0.331. The minimum absolute atomic E-state index is 0.00589. The highest BCUT2D eigenvalue weighted by Crippen LogP contribution is 2.29. The Kier molecular flexibility index (Phi) is 4.27. The third-order valence-corrected chi connectivity index (χ3v) is 5.12. The molecule has 0 N–H and O–H groups in total. The molecule has 4 nitrogen and oxygen atoms in total. The van der Waals surface area contributed by atoms with Gasteiger partial charge in [0.05, 0.1) is 10.6 Å². The van der Waals surface area contributed by atoms with Crippen LogP contribution in [-0.2, 0) is 9.05 Å². The average Bonchev–Trinajstić information content (AvgIpc) is 2.73. The minimum Gasteiger partial charge on any atom is -0.336 e. The van der Waals surface area contributed by atoms with Crippen LogP contribution in [0.3, 0.4) is 0 Å². The number of amides is 1. The van der Waals surface area contributed by atoms with Gasteiger partial charge in [-0.1, -0.05) is 11.6 Å². The maximum atomic E-state index is 13.9. The topological polar surface area (TPSA) is 54.5 Å². The van der Waals surface area contributed by atoms with Crippen molar-refractivity contribution < 1.29 is 17.6 Å². The van der Waals surface area contributed by atoms with E-state index < -0.39 is 25.7 Å². The number of carbonyl (C=O) groups is 1. The van der Waals surface area contributed by atoms with Gasteiger partial charge in [-0.25, -0.2) is 12.8 Å². The average molecular weight is 340 g/mol. The quantitative estimate of drug-likeness (QED) is 0.778. The van der Waals surface area contributed by atoms with E-state index in [1.807, 2.05) is 6.92 Å². The zero-order valence-corrected chi connectivity index (χ0v) is 12.9. The molecule has 1 aliphatic rings. The van der Waals surface area contributed by atoms with E-state index >= 15 is 0 Å². The summed E-state index contributed by atoms with van der Waals surface area (Å²) >= 11 is 5.65. The van der Waals surface area contributed by atoms with Gasteiger partial charge in [-0.05, 0) is 31.9 Å². The van der Waals surface area contributed by atoms with E-state index in [1.54, 1.807) is 0 Å². The number of likely N-dealkylation sites (tertiary alicyclic amines) is 1. The fourth-order valence-corrected chi connectivity index (χ4v) is 3.78. The number of hydrogen-bond donors (Lipinski definition) is 0. The molecule has 1 saturated heterocycles. The van der Waals surface area contributed by atoms with E-state index in [2.05, 4.69) is 0 Å². The molecule has 0 saturated carbocycles. The summed E-state index contributed by atoms with van der Waals surface area (Å²) in [6.07, 6.45) is 1.67. The molecule has 20 heavy (non-hydrogen) atoms. The molecule has 0 bridgehead atoms. The van der Waals surface area contributed by atoms with Crippen LogP contribution in [0.15, 0.2) is 17.0 Å². The summed E-state index contributed by atoms with van der Waals surface area (Å²) in [5.74, 6) is -1.41. The van der Waals surface area contributed by atoms with Gasteiger partial charge in [0, 0.05) is 23.3 Å². The van der Waals surface area contributed by atoms with Crippen LogP contribution < -0.4 is 0 Å². The number of hydrogen-bond acceptors (Lipinski definition) is 3. The van der Waals surface area contributed by atoms with E-state index in [0.717, 1.165) is 25.0 Å². The highest BCUT2D eigenvalue weighted by molar-refractivity contribution is 8.13. The maximum Gasteiger partial charge on any atom is 0.262 e. The molecular weight excluding hydrogens is 328 g/mol. The van der Waals surface area contributed by atoms with Gasteiger partial charge in [0.15, 0.2) is 0 Å². The van der Waals surface area contributed by atoms with E-state index in [1.165, 1.54) is 4.90 Å².